The fraction of sp³-hybridized carbons (Fsp3) is 0.511. The molecule has 0 saturated heterocycles. The number of pyridine rings is 1. The standard InChI is InChI=1S/C45H59N3O2/c1-41(2,3)29-20-28(21-34(25-29)50-37-16-15-27-19-30(42(4,5)6)26-36(49)38(27)47-37)40-46-35-17-18-45(13,14)39(35)48(40)33-23-31(43(7,8)9)22-32(24-33)44(10,11)12/h15-16,19-26,35,39,49H,17-18H2,1-14H3/t35-,39-/m0/s1. The number of aromatic nitrogens is 1. The summed E-state index contributed by atoms with van der Waals surface area (Å²) in [4.78, 5) is 12.9. The predicted molar refractivity (Wildman–Crippen MR) is 211 cm³/mol. The fourth-order valence-electron chi connectivity index (χ4n) is 7.50. The summed E-state index contributed by atoms with van der Waals surface area (Å²) in [6, 6.07) is 22.1. The normalized spacial score (nSPS) is 19.6. The van der Waals surface area contributed by atoms with Gasteiger partial charge in [0.1, 0.15) is 22.9 Å². The summed E-state index contributed by atoms with van der Waals surface area (Å²) < 4.78 is 6.58. The van der Waals surface area contributed by atoms with Crippen molar-refractivity contribution in [2.45, 2.75) is 144 Å². The highest BCUT2D eigenvalue weighted by molar-refractivity contribution is 6.12. The minimum atomic E-state index is -0.128. The maximum Gasteiger partial charge on any atom is 0.219 e. The Labute approximate surface area is 301 Å². The second-order valence-corrected chi connectivity index (χ2v) is 19.7. The maximum absolute atomic E-state index is 11.0. The Kier molecular flexibility index (Phi) is 8.52. The number of nitrogens with zero attached hydrogens (tertiary/aromatic N) is 3. The van der Waals surface area contributed by atoms with Crippen molar-refractivity contribution in [1.29, 1.82) is 0 Å². The summed E-state index contributed by atoms with van der Waals surface area (Å²) in [6.45, 7) is 31.8. The van der Waals surface area contributed by atoms with Crippen LogP contribution in [-0.2, 0) is 21.7 Å². The minimum Gasteiger partial charge on any atom is -0.506 e. The second kappa shape index (κ2) is 11.9. The van der Waals surface area contributed by atoms with Gasteiger partial charge in [0.15, 0.2) is 0 Å². The second-order valence-electron chi connectivity index (χ2n) is 19.7. The summed E-state index contributed by atoms with van der Waals surface area (Å²) in [5.41, 5.74) is 7.60. The largest absolute Gasteiger partial charge is 0.506 e. The fourth-order valence-corrected chi connectivity index (χ4v) is 7.50. The number of phenolic OH excluding ortho intramolecular Hbond substituents is 1. The van der Waals surface area contributed by atoms with Crippen molar-refractivity contribution in [3.05, 3.63) is 88.5 Å². The Morgan fingerprint density at radius 3 is 1.84 bits per heavy atom. The van der Waals surface area contributed by atoms with Crippen LogP contribution < -0.4 is 9.64 Å². The molecule has 3 aromatic carbocycles. The summed E-state index contributed by atoms with van der Waals surface area (Å²) in [7, 11) is 0. The van der Waals surface area contributed by atoms with E-state index in [1.54, 1.807) is 0 Å². The summed E-state index contributed by atoms with van der Waals surface area (Å²) >= 11 is 0. The maximum atomic E-state index is 11.0. The number of hydrogen-bond donors (Lipinski definition) is 1. The molecule has 1 aromatic heterocycles. The number of ether oxygens (including phenoxy) is 1. The molecule has 2 atom stereocenters. The Bertz CT molecular complexity index is 1940. The van der Waals surface area contributed by atoms with Crippen LogP contribution in [0.5, 0.6) is 17.4 Å². The first-order valence-corrected chi connectivity index (χ1v) is 18.4. The number of rotatable bonds is 4. The van der Waals surface area contributed by atoms with E-state index >= 15 is 0 Å². The van der Waals surface area contributed by atoms with Crippen molar-refractivity contribution in [1.82, 2.24) is 4.98 Å². The van der Waals surface area contributed by atoms with Crippen molar-refractivity contribution in [2.24, 2.45) is 10.4 Å². The van der Waals surface area contributed by atoms with E-state index in [0.29, 0.717) is 17.1 Å². The zero-order valence-electron chi connectivity index (χ0n) is 33.0. The molecule has 266 valence electrons. The average molecular weight is 674 g/mol. The molecule has 1 aliphatic heterocycles. The molecule has 50 heavy (non-hydrogen) atoms. The number of phenols is 1. The minimum absolute atomic E-state index is 0.000396. The lowest BCUT2D eigenvalue weighted by Crippen LogP contribution is -2.46. The van der Waals surface area contributed by atoms with Gasteiger partial charge in [-0.1, -0.05) is 103 Å². The van der Waals surface area contributed by atoms with Gasteiger partial charge in [0, 0.05) is 22.7 Å². The molecule has 0 unspecified atom stereocenters. The van der Waals surface area contributed by atoms with Gasteiger partial charge >= 0.3 is 0 Å². The van der Waals surface area contributed by atoms with Crippen LogP contribution in [0.4, 0.5) is 5.69 Å². The summed E-state index contributed by atoms with van der Waals surface area (Å²) in [6.07, 6.45) is 2.22. The molecular formula is C45H59N3O2. The third-order valence-electron chi connectivity index (χ3n) is 10.8. The lowest BCUT2D eigenvalue weighted by molar-refractivity contribution is 0.331. The SMILES string of the molecule is CC(C)(C)c1cc(Oc2ccc3cc(C(C)(C)C)cc(O)c3n2)cc(C2=N[C@H]3CCC(C)(C)[C@H]3N2c2cc(C(C)(C)C)cc(C(C)(C)C)c2)c1. The van der Waals surface area contributed by atoms with Gasteiger partial charge in [-0.05, 0) is 111 Å². The lowest BCUT2D eigenvalue weighted by atomic mass is 9.79. The first kappa shape index (κ1) is 35.9. The van der Waals surface area contributed by atoms with E-state index in [1.165, 1.54) is 22.4 Å². The van der Waals surface area contributed by atoms with Crippen LogP contribution in [0.15, 0.2) is 65.7 Å². The monoisotopic (exact) mass is 673 g/mol. The molecule has 2 heterocycles. The van der Waals surface area contributed by atoms with E-state index in [0.717, 1.165) is 35.2 Å². The van der Waals surface area contributed by atoms with Crippen LogP contribution in [0.3, 0.4) is 0 Å². The van der Waals surface area contributed by atoms with Crippen LogP contribution in [0.25, 0.3) is 10.9 Å². The van der Waals surface area contributed by atoms with Crippen LogP contribution in [-0.4, -0.2) is 28.0 Å². The summed E-state index contributed by atoms with van der Waals surface area (Å²) in [5, 5.41) is 11.9. The predicted octanol–water partition coefficient (Wildman–Crippen LogP) is 11.7. The molecule has 1 saturated carbocycles. The zero-order valence-corrected chi connectivity index (χ0v) is 33.0. The first-order valence-electron chi connectivity index (χ1n) is 18.4. The quantitative estimate of drug-likeness (QED) is 0.234. The van der Waals surface area contributed by atoms with Gasteiger partial charge in [-0.2, -0.15) is 0 Å². The molecule has 0 spiro atoms. The average Bonchev–Trinajstić information content (AvgIpc) is 3.52. The molecule has 5 heteroatoms. The Balaban J connectivity index is 1.49. The first-order chi connectivity index (χ1) is 22.9. The highest BCUT2D eigenvalue weighted by Gasteiger charge is 2.51. The number of hydrogen-bond acceptors (Lipinski definition) is 5. The van der Waals surface area contributed by atoms with E-state index in [1.807, 2.05) is 18.2 Å². The number of fused-ring (bicyclic) bond motifs is 2. The van der Waals surface area contributed by atoms with Crippen molar-refractivity contribution in [2.75, 3.05) is 4.90 Å². The van der Waals surface area contributed by atoms with Crippen LogP contribution in [0.2, 0.25) is 0 Å². The molecule has 5 nitrogen and oxygen atoms in total. The molecule has 2 aliphatic rings. The molecule has 0 radical (unpaired) electrons. The third kappa shape index (κ3) is 6.90. The number of anilines is 1. The molecule has 1 fully saturated rings. The Morgan fingerprint density at radius 2 is 1.26 bits per heavy atom. The van der Waals surface area contributed by atoms with Crippen LogP contribution in [0, 0.1) is 5.41 Å². The van der Waals surface area contributed by atoms with Gasteiger partial charge in [0.25, 0.3) is 0 Å². The van der Waals surface area contributed by atoms with Crippen LogP contribution >= 0.6 is 0 Å². The van der Waals surface area contributed by atoms with Crippen molar-refractivity contribution in [3.8, 4) is 17.4 Å². The molecule has 6 rings (SSSR count). The van der Waals surface area contributed by atoms with Gasteiger partial charge in [-0.3, -0.25) is 4.99 Å². The van der Waals surface area contributed by atoms with Crippen molar-refractivity contribution < 1.29 is 9.84 Å². The van der Waals surface area contributed by atoms with E-state index < -0.39 is 0 Å². The number of aliphatic imine (C=N–C) groups is 1. The van der Waals surface area contributed by atoms with Gasteiger partial charge in [-0.15, -0.1) is 0 Å². The molecule has 4 aromatic rings. The van der Waals surface area contributed by atoms with E-state index in [4.69, 9.17) is 14.7 Å². The molecule has 0 bridgehead atoms. The highest BCUT2D eigenvalue weighted by atomic mass is 16.5. The van der Waals surface area contributed by atoms with E-state index in [9.17, 15) is 5.11 Å². The topological polar surface area (TPSA) is 58.0 Å². The number of benzene rings is 3. The zero-order chi connectivity index (χ0) is 36.8. The Morgan fingerprint density at radius 1 is 0.700 bits per heavy atom. The van der Waals surface area contributed by atoms with Crippen molar-refractivity contribution in [3.63, 3.8) is 0 Å². The number of amidine groups is 1. The smallest absolute Gasteiger partial charge is 0.219 e. The van der Waals surface area contributed by atoms with E-state index in [2.05, 4.69) is 144 Å². The van der Waals surface area contributed by atoms with Gasteiger partial charge in [0.05, 0.1) is 12.1 Å². The van der Waals surface area contributed by atoms with Gasteiger partial charge < -0.3 is 14.7 Å². The molecule has 0 amide bonds. The summed E-state index contributed by atoms with van der Waals surface area (Å²) in [5.74, 6) is 2.33. The van der Waals surface area contributed by atoms with Crippen molar-refractivity contribution >= 4 is 22.4 Å². The lowest BCUT2D eigenvalue weighted by Gasteiger charge is -2.38. The van der Waals surface area contributed by atoms with Gasteiger partial charge in [0.2, 0.25) is 5.88 Å². The number of aromatic hydroxyl groups is 1. The van der Waals surface area contributed by atoms with Crippen LogP contribution in [0.1, 0.15) is 138 Å². The van der Waals surface area contributed by atoms with Gasteiger partial charge in [-0.25, -0.2) is 4.98 Å². The molecule has 1 N–H and O–H groups in total. The highest BCUT2D eigenvalue weighted by Crippen LogP contribution is 2.49. The molecular weight excluding hydrogens is 615 g/mol. The Hall–Kier alpha value is -3.86. The van der Waals surface area contributed by atoms with E-state index in [-0.39, 0.29) is 44.9 Å². The third-order valence-corrected chi connectivity index (χ3v) is 10.8. The molecule has 1 aliphatic carbocycles.